The summed E-state index contributed by atoms with van der Waals surface area (Å²) in [7, 11) is 0. The number of hydrogen-bond donors (Lipinski definition) is 2. The predicted octanol–water partition coefficient (Wildman–Crippen LogP) is 2.94. The highest BCUT2D eigenvalue weighted by atomic mass is 16.5. The van der Waals surface area contributed by atoms with Gasteiger partial charge < -0.3 is 0 Å². The van der Waals surface area contributed by atoms with Gasteiger partial charge in [-0.1, -0.05) is 27.7 Å². The van der Waals surface area contributed by atoms with Crippen LogP contribution in [0.25, 0.3) is 0 Å². The molecule has 2 heteroatoms. The minimum atomic E-state index is 0.509. The zero-order valence-electron chi connectivity index (χ0n) is 8.59. The number of hydrogen-bond acceptors (Lipinski definition) is 2. The standard InChI is InChI=1S/C10H21NO/c1-5-9(6-2)10(7-11-12)8(3)4/h7-9,11-12H,5-6H2,1-4H3/b10-7-. The summed E-state index contributed by atoms with van der Waals surface area (Å²) in [6.45, 7) is 8.67. The summed E-state index contributed by atoms with van der Waals surface area (Å²) in [6.07, 6.45) is 4.01. The number of nitrogens with one attached hydrogen (secondary N) is 1. The second kappa shape index (κ2) is 6.06. The Hall–Kier alpha value is -0.500. The van der Waals surface area contributed by atoms with Crippen LogP contribution < -0.4 is 5.48 Å². The van der Waals surface area contributed by atoms with Crippen molar-refractivity contribution in [3.63, 3.8) is 0 Å². The molecule has 0 amide bonds. The molecule has 0 saturated heterocycles. The fourth-order valence-electron chi connectivity index (χ4n) is 1.59. The molecule has 0 heterocycles. The highest BCUT2D eigenvalue weighted by Crippen LogP contribution is 2.24. The van der Waals surface area contributed by atoms with Gasteiger partial charge >= 0.3 is 0 Å². The largest absolute Gasteiger partial charge is 0.292 e. The molecule has 0 bridgehead atoms. The maximum absolute atomic E-state index is 8.60. The minimum Gasteiger partial charge on any atom is -0.292 e. The van der Waals surface area contributed by atoms with E-state index in [4.69, 9.17) is 5.21 Å². The summed E-state index contributed by atoms with van der Waals surface area (Å²) >= 11 is 0. The Labute approximate surface area is 75.6 Å². The molecule has 0 rings (SSSR count). The first-order valence-electron chi connectivity index (χ1n) is 4.76. The SMILES string of the molecule is CCC(CC)/C(=C\NO)C(C)C. The Kier molecular flexibility index (Phi) is 5.81. The van der Waals surface area contributed by atoms with Gasteiger partial charge in [0.1, 0.15) is 0 Å². The molecule has 0 atom stereocenters. The Bertz CT molecular complexity index is 137. The summed E-state index contributed by atoms with van der Waals surface area (Å²) in [5.74, 6) is 1.11. The van der Waals surface area contributed by atoms with Gasteiger partial charge in [-0.3, -0.25) is 10.7 Å². The zero-order chi connectivity index (χ0) is 9.56. The average molecular weight is 171 g/mol. The summed E-state index contributed by atoms with van der Waals surface area (Å²) in [6, 6.07) is 0. The van der Waals surface area contributed by atoms with E-state index in [0.29, 0.717) is 11.8 Å². The second-order valence-electron chi connectivity index (χ2n) is 3.44. The normalized spacial score (nSPS) is 12.8. The van der Waals surface area contributed by atoms with Crippen LogP contribution in [0.5, 0.6) is 0 Å². The lowest BCUT2D eigenvalue weighted by atomic mass is 9.87. The molecule has 0 aromatic heterocycles. The fraction of sp³-hybridized carbons (Fsp3) is 0.800. The molecule has 2 nitrogen and oxygen atoms in total. The van der Waals surface area contributed by atoms with Crippen LogP contribution in [-0.4, -0.2) is 5.21 Å². The number of allylic oxidation sites excluding steroid dienone is 1. The van der Waals surface area contributed by atoms with E-state index in [2.05, 4.69) is 33.2 Å². The van der Waals surface area contributed by atoms with E-state index < -0.39 is 0 Å². The molecule has 0 aromatic rings. The summed E-state index contributed by atoms with van der Waals surface area (Å²) in [5, 5.41) is 8.60. The van der Waals surface area contributed by atoms with Crippen molar-refractivity contribution in [3.8, 4) is 0 Å². The van der Waals surface area contributed by atoms with E-state index in [1.165, 1.54) is 5.57 Å². The number of hydroxylamine groups is 1. The molecule has 0 aliphatic rings. The molecule has 0 aliphatic heterocycles. The molecule has 72 valence electrons. The topological polar surface area (TPSA) is 32.3 Å². The van der Waals surface area contributed by atoms with Crippen LogP contribution in [0.2, 0.25) is 0 Å². The van der Waals surface area contributed by atoms with Crippen LogP contribution in [0.3, 0.4) is 0 Å². The van der Waals surface area contributed by atoms with Gasteiger partial charge in [0.05, 0.1) is 0 Å². The number of rotatable bonds is 5. The van der Waals surface area contributed by atoms with Crippen molar-refractivity contribution in [1.82, 2.24) is 5.48 Å². The van der Waals surface area contributed by atoms with Crippen molar-refractivity contribution >= 4 is 0 Å². The van der Waals surface area contributed by atoms with E-state index in [0.717, 1.165) is 12.8 Å². The van der Waals surface area contributed by atoms with Crippen molar-refractivity contribution in [2.75, 3.05) is 0 Å². The Morgan fingerprint density at radius 3 is 2.08 bits per heavy atom. The summed E-state index contributed by atoms with van der Waals surface area (Å²) in [4.78, 5) is 0. The van der Waals surface area contributed by atoms with Gasteiger partial charge in [-0.2, -0.15) is 0 Å². The monoisotopic (exact) mass is 171 g/mol. The van der Waals surface area contributed by atoms with Gasteiger partial charge in [-0.15, -0.1) is 0 Å². The third-order valence-corrected chi connectivity index (χ3v) is 2.35. The summed E-state index contributed by atoms with van der Waals surface area (Å²) in [5.41, 5.74) is 3.44. The van der Waals surface area contributed by atoms with Gasteiger partial charge in [0.25, 0.3) is 0 Å². The van der Waals surface area contributed by atoms with Crippen molar-refractivity contribution in [1.29, 1.82) is 0 Å². The minimum absolute atomic E-state index is 0.509. The van der Waals surface area contributed by atoms with Gasteiger partial charge in [-0.05, 0) is 30.3 Å². The molecule has 2 N–H and O–H groups in total. The van der Waals surface area contributed by atoms with E-state index in [9.17, 15) is 0 Å². The van der Waals surface area contributed by atoms with E-state index in [-0.39, 0.29) is 0 Å². The molecule has 0 fully saturated rings. The van der Waals surface area contributed by atoms with Crippen LogP contribution in [0.15, 0.2) is 11.8 Å². The van der Waals surface area contributed by atoms with Crippen molar-refractivity contribution in [2.45, 2.75) is 40.5 Å². The smallest absolute Gasteiger partial charge is 0.0237 e. The molecular formula is C10H21NO. The molecule has 0 spiro atoms. The first kappa shape index (κ1) is 11.5. The highest BCUT2D eigenvalue weighted by molar-refractivity contribution is 5.07. The van der Waals surface area contributed by atoms with Crippen LogP contribution in [-0.2, 0) is 0 Å². The van der Waals surface area contributed by atoms with E-state index in [1.54, 1.807) is 6.20 Å². The van der Waals surface area contributed by atoms with Crippen LogP contribution >= 0.6 is 0 Å². The van der Waals surface area contributed by atoms with Crippen molar-refractivity contribution in [2.24, 2.45) is 11.8 Å². The highest BCUT2D eigenvalue weighted by Gasteiger charge is 2.12. The van der Waals surface area contributed by atoms with Gasteiger partial charge in [0.15, 0.2) is 0 Å². The van der Waals surface area contributed by atoms with Gasteiger partial charge in [0, 0.05) is 6.20 Å². The first-order valence-corrected chi connectivity index (χ1v) is 4.76. The van der Waals surface area contributed by atoms with Crippen LogP contribution in [0, 0.1) is 11.8 Å². The maximum atomic E-state index is 8.60. The quantitative estimate of drug-likeness (QED) is 0.623. The third-order valence-electron chi connectivity index (χ3n) is 2.35. The molecule has 12 heavy (non-hydrogen) atoms. The van der Waals surface area contributed by atoms with E-state index >= 15 is 0 Å². The lowest BCUT2D eigenvalue weighted by Gasteiger charge is -2.20. The first-order chi connectivity index (χ1) is 5.67. The molecular weight excluding hydrogens is 150 g/mol. The van der Waals surface area contributed by atoms with E-state index in [1.807, 2.05) is 0 Å². The molecule has 0 aliphatic carbocycles. The maximum Gasteiger partial charge on any atom is 0.0237 e. The Morgan fingerprint density at radius 2 is 1.83 bits per heavy atom. The molecule has 0 saturated carbocycles. The Balaban J connectivity index is 4.37. The van der Waals surface area contributed by atoms with Crippen molar-refractivity contribution in [3.05, 3.63) is 11.8 Å². The third kappa shape index (κ3) is 3.26. The molecule has 0 radical (unpaired) electrons. The lowest BCUT2D eigenvalue weighted by molar-refractivity contribution is 0.211. The summed E-state index contributed by atoms with van der Waals surface area (Å²) < 4.78 is 0. The lowest BCUT2D eigenvalue weighted by Crippen LogP contribution is -2.11. The predicted molar refractivity (Wildman–Crippen MR) is 51.9 cm³/mol. The fourth-order valence-corrected chi connectivity index (χ4v) is 1.59. The zero-order valence-corrected chi connectivity index (χ0v) is 8.59. The van der Waals surface area contributed by atoms with Crippen LogP contribution in [0.4, 0.5) is 0 Å². The molecule has 0 aromatic carbocycles. The molecule has 0 unspecified atom stereocenters. The second-order valence-corrected chi connectivity index (χ2v) is 3.44. The van der Waals surface area contributed by atoms with Crippen LogP contribution in [0.1, 0.15) is 40.5 Å². The van der Waals surface area contributed by atoms with Gasteiger partial charge in [-0.25, -0.2) is 0 Å². The average Bonchev–Trinajstić information content (AvgIpc) is 2.05. The van der Waals surface area contributed by atoms with Crippen molar-refractivity contribution < 1.29 is 5.21 Å². The van der Waals surface area contributed by atoms with Gasteiger partial charge in [0.2, 0.25) is 0 Å². The Morgan fingerprint density at radius 1 is 1.33 bits per heavy atom.